The third-order valence-corrected chi connectivity index (χ3v) is 5.79. The highest BCUT2D eigenvalue weighted by atomic mass is 35.5. The number of aromatic nitrogens is 1. The molecule has 1 fully saturated rings. The zero-order chi connectivity index (χ0) is 17.2. The van der Waals surface area contributed by atoms with Crippen molar-refractivity contribution in [3.05, 3.63) is 45.4 Å². The highest BCUT2D eigenvalue weighted by Crippen LogP contribution is 2.29. The van der Waals surface area contributed by atoms with Crippen molar-refractivity contribution in [3.8, 4) is 0 Å². The number of halogens is 1. The van der Waals surface area contributed by atoms with Gasteiger partial charge in [-0.3, -0.25) is 15.0 Å². The topological polar surface area (TPSA) is 54.5 Å². The fourth-order valence-corrected chi connectivity index (χ4v) is 4.57. The van der Waals surface area contributed by atoms with Gasteiger partial charge in [-0.2, -0.15) is 0 Å². The van der Waals surface area contributed by atoms with Gasteiger partial charge in [-0.1, -0.05) is 23.7 Å². The summed E-state index contributed by atoms with van der Waals surface area (Å²) in [7, 11) is 0. The fraction of sp³-hybridized carbons (Fsp3) is 0.444. The summed E-state index contributed by atoms with van der Waals surface area (Å²) in [5.74, 6) is -0.0700. The molecule has 5 nitrogen and oxygen atoms in total. The number of carbonyl (C=O) groups excluding carboxylic acids is 1. The SMILES string of the molecule is O=C(Nc1nc2c(s1)CN(Cc1cccc(Cl)c1)CC2)C1CCCO1. The maximum atomic E-state index is 12.2. The molecule has 1 atom stereocenters. The molecule has 3 heterocycles. The zero-order valence-electron chi connectivity index (χ0n) is 13.8. The van der Waals surface area contributed by atoms with Crippen LogP contribution in [0.4, 0.5) is 5.13 Å². The van der Waals surface area contributed by atoms with Gasteiger partial charge < -0.3 is 4.74 Å². The molecule has 4 rings (SSSR count). The van der Waals surface area contributed by atoms with Gasteiger partial charge in [0, 0.05) is 42.6 Å². The number of hydrogen-bond acceptors (Lipinski definition) is 5. The molecule has 1 unspecified atom stereocenters. The lowest BCUT2D eigenvalue weighted by Gasteiger charge is -2.25. The number of fused-ring (bicyclic) bond motifs is 1. The molecule has 0 bridgehead atoms. The standard InChI is InChI=1S/C18H20ClN3O2S/c19-13-4-1-3-12(9-13)10-22-7-6-14-16(11-22)25-18(20-14)21-17(23)15-5-2-8-24-15/h1,3-4,9,15H,2,5-8,10-11H2,(H,20,21,23). The van der Waals surface area contributed by atoms with E-state index in [0.717, 1.165) is 49.6 Å². The Labute approximate surface area is 156 Å². The van der Waals surface area contributed by atoms with Gasteiger partial charge in [-0.15, -0.1) is 11.3 Å². The third-order valence-electron chi connectivity index (χ3n) is 4.56. The molecule has 0 saturated carbocycles. The Morgan fingerprint density at radius 3 is 3.20 bits per heavy atom. The van der Waals surface area contributed by atoms with Crippen LogP contribution in [0.2, 0.25) is 5.02 Å². The van der Waals surface area contributed by atoms with Crippen LogP contribution in [0, 0.1) is 0 Å². The Kier molecular flexibility index (Phi) is 5.03. The molecule has 7 heteroatoms. The molecule has 25 heavy (non-hydrogen) atoms. The summed E-state index contributed by atoms with van der Waals surface area (Å²) in [6, 6.07) is 7.99. The van der Waals surface area contributed by atoms with Crippen LogP contribution in [0.3, 0.4) is 0 Å². The quantitative estimate of drug-likeness (QED) is 0.886. The number of ether oxygens (including phenoxy) is 1. The first-order chi connectivity index (χ1) is 12.2. The summed E-state index contributed by atoms with van der Waals surface area (Å²) in [6.07, 6.45) is 2.33. The van der Waals surface area contributed by atoms with E-state index in [4.69, 9.17) is 16.3 Å². The summed E-state index contributed by atoms with van der Waals surface area (Å²) in [5.41, 5.74) is 2.32. The third kappa shape index (κ3) is 4.03. The number of carbonyl (C=O) groups is 1. The molecular formula is C18H20ClN3O2S. The van der Waals surface area contributed by atoms with E-state index in [1.54, 1.807) is 11.3 Å². The van der Waals surface area contributed by atoms with Gasteiger partial charge in [0.25, 0.3) is 5.91 Å². The number of hydrogen-bond donors (Lipinski definition) is 1. The number of thiazole rings is 1. The lowest BCUT2D eigenvalue weighted by Crippen LogP contribution is -2.29. The first-order valence-corrected chi connectivity index (χ1v) is 9.75. The van der Waals surface area contributed by atoms with Crippen molar-refractivity contribution in [3.63, 3.8) is 0 Å². The minimum atomic E-state index is -0.319. The lowest BCUT2D eigenvalue weighted by atomic mass is 10.1. The van der Waals surface area contributed by atoms with Crippen molar-refractivity contribution in [1.29, 1.82) is 0 Å². The van der Waals surface area contributed by atoms with E-state index >= 15 is 0 Å². The van der Waals surface area contributed by atoms with E-state index in [0.29, 0.717) is 11.7 Å². The average molecular weight is 378 g/mol. The van der Waals surface area contributed by atoms with Crippen LogP contribution >= 0.6 is 22.9 Å². The first-order valence-electron chi connectivity index (χ1n) is 8.55. The highest BCUT2D eigenvalue weighted by molar-refractivity contribution is 7.15. The Balaban J connectivity index is 1.39. The molecule has 0 aliphatic carbocycles. The maximum absolute atomic E-state index is 12.2. The van der Waals surface area contributed by atoms with Crippen LogP contribution in [0.1, 0.15) is 29.0 Å². The van der Waals surface area contributed by atoms with E-state index in [-0.39, 0.29) is 12.0 Å². The summed E-state index contributed by atoms with van der Waals surface area (Å²) in [6.45, 7) is 3.36. The first kappa shape index (κ1) is 17.0. The molecule has 0 spiro atoms. The molecule has 2 aliphatic rings. The van der Waals surface area contributed by atoms with Crippen molar-refractivity contribution in [2.75, 3.05) is 18.5 Å². The van der Waals surface area contributed by atoms with Crippen LogP contribution in [-0.4, -0.2) is 35.0 Å². The Morgan fingerprint density at radius 2 is 2.40 bits per heavy atom. The molecular weight excluding hydrogens is 358 g/mol. The van der Waals surface area contributed by atoms with Crippen molar-refractivity contribution in [2.24, 2.45) is 0 Å². The molecule has 1 amide bonds. The molecule has 0 radical (unpaired) electrons. The number of nitrogens with zero attached hydrogens (tertiary/aromatic N) is 2. The minimum absolute atomic E-state index is 0.0700. The molecule has 1 aromatic heterocycles. The van der Waals surface area contributed by atoms with Crippen molar-refractivity contribution in [1.82, 2.24) is 9.88 Å². The molecule has 132 valence electrons. The second kappa shape index (κ2) is 7.41. The van der Waals surface area contributed by atoms with Gasteiger partial charge in [0.2, 0.25) is 0 Å². The highest BCUT2D eigenvalue weighted by Gasteiger charge is 2.26. The maximum Gasteiger partial charge on any atom is 0.255 e. The second-order valence-electron chi connectivity index (χ2n) is 6.47. The zero-order valence-corrected chi connectivity index (χ0v) is 15.4. The molecule has 2 aromatic rings. The number of amides is 1. The normalized spacial score (nSPS) is 20.4. The van der Waals surface area contributed by atoms with Crippen LogP contribution in [0.5, 0.6) is 0 Å². The van der Waals surface area contributed by atoms with Crippen molar-refractivity contribution in [2.45, 2.75) is 38.5 Å². The largest absolute Gasteiger partial charge is 0.368 e. The van der Waals surface area contributed by atoms with E-state index in [1.807, 2.05) is 18.2 Å². The number of benzene rings is 1. The predicted octanol–water partition coefficient (Wildman–Crippen LogP) is 3.47. The average Bonchev–Trinajstić information content (AvgIpc) is 3.23. The fourth-order valence-electron chi connectivity index (χ4n) is 3.30. The van der Waals surface area contributed by atoms with E-state index in [2.05, 4.69) is 21.3 Å². The molecule has 1 saturated heterocycles. The smallest absolute Gasteiger partial charge is 0.255 e. The van der Waals surface area contributed by atoms with Gasteiger partial charge in [0.05, 0.1) is 5.69 Å². The van der Waals surface area contributed by atoms with Gasteiger partial charge in [-0.05, 0) is 30.5 Å². The monoisotopic (exact) mass is 377 g/mol. The van der Waals surface area contributed by atoms with E-state index in [1.165, 1.54) is 10.4 Å². The minimum Gasteiger partial charge on any atom is -0.368 e. The summed E-state index contributed by atoms with van der Waals surface area (Å²) < 4.78 is 5.43. The number of anilines is 1. The predicted molar refractivity (Wildman–Crippen MR) is 99.0 cm³/mol. The summed E-state index contributed by atoms with van der Waals surface area (Å²) in [4.78, 5) is 20.4. The van der Waals surface area contributed by atoms with Crippen LogP contribution in [-0.2, 0) is 29.0 Å². The van der Waals surface area contributed by atoms with Crippen LogP contribution in [0.15, 0.2) is 24.3 Å². The summed E-state index contributed by atoms with van der Waals surface area (Å²) >= 11 is 7.65. The van der Waals surface area contributed by atoms with Crippen LogP contribution in [0.25, 0.3) is 0 Å². The van der Waals surface area contributed by atoms with Gasteiger partial charge in [-0.25, -0.2) is 4.98 Å². The van der Waals surface area contributed by atoms with E-state index < -0.39 is 0 Å². The van der Waals surface area contributed by atoms with Gasteiger partial charge in [0.15, 0.2) is 5.13 Å². The Bertz CT molecular complexity index is 773. The van der Waals surface area contributed by atoms with Gasteiger partial charge in [0.1, 0.15) is 6.10 Å². The van der Waals surface area contributed by atoms with E-state index in [9.17, 15) is 4.79 Å². The van der Waals surface area contributed by atoms with Crippen molar-refractivity contribution < 1.29 is 9.53 Å². The van der Waals surface area contributed by atoms with Gasteiger partial charge >= 0.3 is 0 Å². The molecule has 1 N–H and O–H groups in total. The molecule has 2 aliphatic heterocycles. The summed E-state index contributed by atoms with van der Waals surface area (Å²) in [5, 5.41) is 4.38. The van der Waals surface area contributed by atoms with Crippen LogP contribution < -0.4 is 5.32 Å². The molecule has 1 aromatic carbocycles. The second-order valence-corrected chi connectivity index (χ2v) is 7.99. The van der Waals surface area contributed by atoms with Crippen molar-refractivity contribution >= 4 is 34.0 Å². The number of nitrogens with one attached hydrogen (secondary N) is 1. The Morgan fingerprint density at radius 1 is 1.48 bits per heavy atom. The number of rotatable bonds is 4. The Hall–Kier alpha value is -1.47. The lowest BCUT2D eigenvalue weighted by molar-refractivity contribution is -0.124.